The maximum Gasteiger partial charge on any atom is 0.242 e. The van der Waals surface area contributed by atoms with Crippen LogP contribution in [0.3, 0.4) is 0 Å². The van der Waals surface area contributed by atoms with Gasteiger partial charge in [-0.05, 0) is 95.2 Å². The Morgan fingerprint density at radius 3 is 0.711 bits per heavy atom. The first-order valence-corrected chi connectivity index (χ1v) is 16.3. The molecule has 0 heterocycles. The molecule has 0 spiro atoms. The molecule has 0 nitrogen and oxygen atoms in total. The topological polar surface area (TPSA) is 0 Å². The Kier molecular flexibility index (Phi) is 9.05. The average molecular weight is 592 g/mol. The minimum absolute atomic E-state index is 0.0956. The van der Waals surface area contributed by atoms with Crippen LogP contribution in [0.25, 0.3) is 0 Å². The van der Waals surface area contributed by atoms with Crippen molar-refractivity contribution in [3.8, 4) is 0 Å². The summed E-state index contributed by atoms with van der Waals surface area (Å²) in [6.45, 7) is 26.1. The highest BCUT2D eigenvalue weighted by molar-refractivity contribution is 6.99. The fourth-order valence-corrected chi connectivity index (χ4v) is 8.51. The molecule has 0 N–H and O–H groups in total. The van der Waals surface area contributed by atoms with Gasteiger partial charge < -0.3 is 0 Å². The summed E-state index contributed by atoms with van der Waals surface area (Å²) in [5, 5.41) is 0. The van der Waals surface area contributed by atoms with E-state index in [1.54, 1.807) is 12.1 Å². The molecule has 0 aliphatic carbocycles. The molecule has 0 aliphatic rings. The Morgan fingerprint density at radius 1 is 0.311 bits per heavy atom. The normalized spacial score (nSPS) is 11.2. The highest BCUT2D eigenvalue weighted by Crippen LogP contribution is 2.16. The number of halogens is 1. The van der Waals surface area contributed by atoms with Gasteiger partial charge in [-0.1, -0.05) is 154 Å². The summed E-state index contributed by atoms with van der Waals surface area (Å²) in [6, 6.07) is 24.1. The summed E-state index contributed by atoms with van der Waals surface area (Å²) >= 11 is 0. The second kappa shape index (κ2) is 12.5. The van der Waals surface area contributed by atoms with Gasteiger partial charge in [0, 0.05) is 0 Å². The van der Waals surface area contributed by atoms with Gasteiger partial charge in [0.1, 0.15) is 5.82 Å². The SMILES string of the molecule is Cc1cc(C)c(B(c2cc(F)cc(B(c3c(C)cc(C)cc3C)c3c(C)cc(C)cc3C)c2)c2c(C)cc(C)cc2C)c(C)c1. The minimum Gasteiger partial charge on any atom is -0.207 e. The Labute approximate surface area is 272 Å². The number of benzene rings is 5. The van der Waals surface area contributed by atoms with Gasteiger partial charge in [0.25, 0.3) is 0 Å². The maximum atomic E-state index is 16.3. The number of hydrogen-bond donors (Lipinski definition) is 0. The third-order valence-electron chi connectivity index (χ3n) is 9.72. The van der Waals surface area contributed by atoms with Crippen LogP contribution < -0.4 is 32.8 Å². The Balaban J connectivity index is 1.88. The zero-order valence-electron chi connectivity index (χ0n) is 29.4. The summed E-state index contributed by atoms with van der Waals surface area (Å²) in [5.74, 6) is -0.188. The molecule has 0 amide bonds. The quantitative estimate of drug-likeness (QED) is 0.196. The Bertz CT molecular complexity index is 1600. The fraction of sp³-hybridized carbons (Fsp3) is 0.286. The van der Waals surface area contributed by atoms with E-state index in [1.807, 2.05) is 0 Å². The van der Waals surface area contributed by atoms with E-state index in [-0.39, 0.29) is 19.2 Å². The molecule has 0 bridgehead atoms. The van der Waals surface area contributed by atoms with E-state index in [2.05, 4.69) is 138 Å². The van der Waals surface area contributed by atoms with E-state index in [0.717, 1.165) is 10.9 Å². The lowest BCUT2D eigenvalue weighted by Crippen LogP contribution is -2.60. The lowest BCUT2D eigenvalue weighted by atomic mass is 9.31. The monoisotopic (exact) mass is 592 g/mol. The van der Waals surface area contributed by atoms with Gasteiger partial charge in [0.05, 0.1) is 0 Å². The van der Waals surface area contributed by atoms with E-state index in [4.69, 9.17) is 0 Å². The molecule has 0 fully saturated rings. The van der Waals surface area contributed by atoms with Crippen molar-refractivity contribution in [3.05, 3.63) is 139 Å². The smallest absolute Gasteiger partial charge is 0.207 e. The molecule has 5 aromatic carbocycles. The van der Waals surface area contributed by atoms with E-state index in [1.165, 1.54) is 88.6 Å². The van der Waals surface area contributed by atoms with Gasteiger partial charge in [0.2, 0.25) is 13.4 Å². The summed E-state index contributed by atoms with van der Waals surface area (Å²) in [6.07, 6.45) is 0. The minimum atomic E-state index is -0.188. The summed E-state index contributed by atoms with van der Waals surface area (Å²) in [4.78, 5) is 0. The van der Waals surface area contributed by atoms with Crippen LogP contribution in [-0.2, 0) is 0 Å². The van der Waals surface area contributed by atoms with Gasteiger partial charge in [-0.3, -0.25) is 0 Å². The zero-order valence-corrected chi connectivity index (χ0v) is 29.4. The molecule has 228 valence electrons. The average Bonchev–Trinajstić information content (AvgIpc) is 2.88. The van der Waals surface area contributed by atoms with Crippen LogP contribution in [0.1, 0.15) is 66.8 Å². The molecular formula is C42H47B2F. The number of hydrogen-bond acceptors (Lipinski definition) is 0. The Morgan fingerprint density at radius 2 is 0.511 bits per heavy atom. The summed E-state index contributed by atoms with van der Waals surface area (Å²) in [5.41, 5.74) is 22.1. The van der Waals surface area contributed by atoms with E-state index >= 15 is 4.39 Å². The van der Waals surface area contributed by atoms with Crippen molar-refractivity contribution in [3.63, 3.8) is 0 Å². The van der Waals surface area contributed by atoms with Crippen molar-refractivity contribution in [2.45, 2.75) is 83.1 Å². The molecule has 0 unspecified atom stereocenters. The second-order valence-electron chi connectivity index (χ2n) is 13.9. The molecule has 0 saturated heterocycles. The van der Waals surface area contributed by atoms with Gasteiger partial charge >= 0.3 is 0 Å². The first kappa shape index (κ1) is 32.6. The maximum absolute atomic E-state index is 16.3. The molecule has 45 heavy (non-hydrogen) atoms. The molecule has 0 aliphatic heterocycles. The van der Waals surface area contributed by atoms with Crippen molar-refractivity contribution >= 4 is 46.2 Å². The van der Waals surface area contributed by atoms with E-state index in [9.17, 15) is 0 Å². The molecule has 0 atom stereocenters. The van der Waals surface area contributed by atoms with Crippen molar-refractivity contribution in [2.24, 2.45) is 0 Å². The van der Waals surface area contributed by atoms with Crippen LogP contribution in [0.5, 0.6) is 0 Å². The number of rotatable bonds is 6. The molecule has 3 heteroatoms. The highest BCUT2D eigenvalue weighted by atomic mass is 19.1. The Hall–Kier alpha value is -3.84. The third-order valence-corrected chi connectivity index (χ3v) is 9.72. The van der Waals surface area contributed by atoms with Gasteiger partial charge in [0.15, 0.2) is 0 Å². The standard InChI is InChI=1S/C42H47B2F/c1-24-13-28(5)39(29(6)14-24)43(40-30(7)15-25(2)16-31(40)8)36-21-37(23-38(45)22-36)44(41-32(9)17-26(3)18-33(41)10)42-34(11)19-27(4)20-35(42)12/h13-23H,1-12H3. The lowest BCUT2D eigenvalue weighted by molar-refractivity contribution is 0.630. The largest absolute Gasteiger partial charge is 0.242 e. The van der Waals surface area contributed by atoms with Crippen LogP contribution in [-0.4, -0.2) is 13.4 Å². The van der Waals surface area contributed by atoms with Crippen molar-refractivity contribution in [1.82, 2.24) is 0 Å². The molecule has 0 saturated carbocycles. The summed E-state index contributed by atoms with van der Waals surface area (Å²) < 4.78 is 16.3. The highest BCUT2D eigenvalue weighted by Gasteiger charge is 2.33. The second-order valence-corrected chi connectivity index (χ2v) is 13.9. The third kappa shape index (κ3) is 6.32. The predicted octanol–water partition coefficient (Wildman–Crippen LogP) is 6.56. The molecular weight excluding hydrogens is 545 g/mol. The van der Waals surface area contributed by atoms with Crippen molar-refractivity contribution in [2.75, 3.05) is 0 Å². The predicted molar refractivity (Wildman–Crippen MR) is 198 cm³/mol. The van der Waals surface area contributed by atoms with E-state index in [0.29, 0.717) is 0 Å². The van der Waals surface area contributed by atoms with Crippen LogP contribution in [0.4, 0.5) is 4.39 Å². The fourth-order valence-electron chi connectivity index (χ4n) is 8.51. The number of aryl methyl sites for hydroxylation is 12. The molecule has 0 radical (unpaired) electrons. The molecule has 0 aromatic heterocycles. The molecule has 5 aromatic rings. The van der Waals surface area contributed by atoms with Gasteiger partial charge in [-0.25, -0.2) is 4.39 Å². The summed E-state index contributed by atoms with van der Waals surface area (Å²) in [7, 11) is 0. The first-order chi connectivity index (χ1) is 21.2. The zero-order chi connectivity index (χ0) is 32.9. The van der Waals surface area contributed by atoms with Crippen LogP contribution >= 0.6 is 0 Å². The lowest BCUT2D eigenvalue weighted by Gasteiger charge is -2.27. The van der Waals surface area contributed by atoms with Crippen molar-refractivity contribution < 1.29 is 4.39 Å². The van der Waals surface area contributed by atoms with Crippen LogP contribution in [0.15, 0.2) is 66.7 Å². The van der Waals surface area contributed by atoms with Crippen molar-refractivity contribution in [1.29, 1.82) is 0 Å². The molecule has 5 rings (SSSR count). The first-order valence-electron chi connectivity index (χ1n) is 16.3. The van der Waals surface area contributed by atoms with Gasteiger partial charge in [-0.2, -0.15) is 0 Å². The van der Waals surface area contributed by atoms with Gasteiger partial charge in [-0.15, -0.1) is 0 Å². The van der Waals surface area contributed by atoms with E-state index < -0.39 is 0 Å². The van der Waals surface area contributed by atoms with Crippen LogP contribution in [0, 0.1) is 88.9 Å². The van der Waals surface area contributed by atoms with Crippen LogP contribution in [0.2, 0.25) is 0 Å².